The van der Waals surface area contributed by atoms with Crippen LogP contribution in [0.1, 0.15) is 31.1 Å². The van der Waals surface area contributed by atoms with E-state index in [1.54, 1.807) is 6.92 Å². The number of para-hydroxylation sites is 1. The monoisotopic (exact) mass is 339 g/mol. The number of ether oxygens (including phenoxy) is 1. The molecule has 0 amide bonds. The van der Waals surface area contributed by atoms with Crippen molar-refractivity contribution < 1.29 is 9.26 Å². The first-order chi connectivity index (χ1) is 9.56. The van der Waals surface area contributed by atoms with Crippen LogP contribution in [0.25, 0.3) is 0 Å². The average molecular weight is 340 g/mol. The molecule has 1 aromatic carbocycles. The first kappa shape index (κ1) is 15.0. The van der Waals surface area contributed by atoms with Crippen molar-refractivity contribution in [3.05, 3.63) is 40.0 Å². The summed E-state index contributed by atoms with van der Waals surface area (Å²) >= 11 is 3.51. The molecule has 1 heterocycles. The second kappa shape index (κ2) is 6.85. The van der Waals surface area contributed by atoms with Gasteiger partial charge in [-0.1, -0.05) is 31.1 Å². The maximum Gasteiger partial charge on any atom is 0.264 e. The lowest BCUT2D eigenvalue weighted by atomic mass is 10.2. The summed E-state index contributed by atoms with van der Waals surface area (Å²) in [5, 5.41) is 7.12. The van der Waals surface area contributed by atoms with Crippen LogP contribution < -0.4 is 10.1 Å². The van der Waals surface area contributed by atoms with E-state index in [9.17, 15) is 0 Å². The van der Waals surface area contributed by atoms with E-state index in [0.29, 0.717) is 17.8 Å². The van der Waals surface area contributed by atoms with Crippen LogP contribution in [0.5, 0.6) is 5.75 Å². The highest BCUT2D eigenvalue weighted by atomic mass is 79.9. The first-order valence-electron chi connectivity index (χ1n) is 6.49. The Labute approximate surface area is 126 Å². The van der Waals surface area contributed by atoms with Gasteiger partial charge in [-0.3, -0.25) is 0 Å². The second-order valence-corrected chi connectivity index (χ2v) is 5.64. The van der Waals surface area contributed by atoms with Gasteiger partial charge < -0.3 is 14.6 Å². The summed E-state index contributed by atoms with van der Waals surface area (Å²) in [7, 11) is 0. The number of aromatic nitrogens is 2. The molecule has 0 fully saturated rings. The number of benzene rings is 1. The summed E-state index contributed by atoms with van der Waals surface area (Å²) in [5.74, 6) is 1.88. The number of nitrogens with zero attached hydrogens (tertiary/aromatic N) is 2. The maximum atomic E-state index is 5.82. The van der Waals surface area contributed by atoms with E-state index in [4.69, 9.17) is 9.26 Å². The smallest absolute Gasteiger partial charge is 0.264 e. The Morgan fingerprint density at radius 1 is 1.40 bits per heavy atom. The van der Waals surface area contributed by atoms with Crippen LogP contribution in [0.15, 0.2) is 27.2 Å². The molecule has 0 spiro atoms. The fraction of sp³-hybridized carbons (Fsp3) is 0.429. The minimum absolute atomic E-state index is 0.262. The van der Waals surface area contributed by atoms with Gasteiger partial charge in [0.1, 0.15) is 5.75 Å². The second-order valence-electron chi connectivity index (χ2n) is 4.79. The van der Waals surface area contributed by atoms with Crippen LogP contribution in [0.4, 0.5) is 0 Å². The van der Waals surface area contributed by atoms with Crippen LogP contribution in [0, 0.1) is 6.92 Å². The topological polar surface area (TPSA) is 60.2 Å². The minimum Gasteiger partial charge on any atom is -0.482 e. The number of hydrogen-bond acceptors (Lipinski definition) is 5. The highest BCUT2D eigenvalue weighted by Crippen LogP contribution is 2.29. The zero-order valence-electron chi connectivity index (χ0n) is 11.8. The third-order valence-corrected chi connectivity index (χ3v) is 3.28. The van der Waals surface area contributed by atoms with E-state index in [1.165, 1.54) is 0 Å². The van der Waals surface area contributed by atoms with Crippen molar-refractivity contribution in [2.75, 3.05) is 0 Å². The summed E-state index contributed by atoms with van der Waals surface area (Å²) in [6.07, 6.45) is 0. The summed E-state index contributed by atoms with van der Waals surface area (Å²) in [6.45, 7) is 7.01. The molecule has 0 atom stereocenters. The Hall–Kier alpha value is -1.40. The highest BCUT2D eigenvalue weighted by Gasteiger charge is 2.11. The number of nitrogens with one attached hydrogen (secondary N) is 1. The Bertz CT molecular complexity index is 569. The molecule has 1 aromatic heterocycles. The van der Waals surface area contributed by atoms with Crippen molar-refractivity contribution in [3.63, 3.8) is 0 Å². The molecule has 6 heteroatoms. The van der Waals surface area contributed by atoms with Crippen molar-refractivity contribution in [2.24, 2.45) is 0 Å². The van der Waals surface area contributed by atoms with Gasteiger partial charge in [0.15, 0.2) is 12.4 Å². The molecule has 2 aromatic rings. The van der Waals surface area contributed by atoms with E-state index >= 15 is 0 Å². The lowest BCUT2D eigenvalue weighted by Crippen LogP contribution is -2.22. The molecule has 2 rings (SSSR count). The molecule has 0 aliphatic carbocycles. The number of halogens is 1. The van der Waals surface area contributed by atoms with Gasteiger partial charge in [0.2, 0.25) is 0 Å². The standard InChI is InChI=1S/C14H18BrN3O2/c1-9(2)16-7-11-5-4-6-12(15)14(11)19-8-13-17-10(3)18-20-13/h4-6,9,16H,7-8H2,1-3H3. The molecule has 0 saturated carbocycles. The van der Waals surface area contributed by atoms with Crippen molar-refractivity contribution >= 4 is 15.9 Å². The number of aryl methyl sites for hydroxylation is 1. The van der Waals surface area contributed by atoms with Crippen LogP contribution in [0.2, 0.25) is 0 Å². The van der Waals surface area contributed by atoms with Gasteiger partial charge in [0.25, 0.3) is 5.89 Å². The largest absolute Gasteiger partial charge is 0.482 e. The van der Waals surface area contributed by atoms with Gasteiger partial charge in [-0.25, -0.2) is 0 Å². The fourth-order valence-corrected chi connectivity index (χ4v) is 2.22. The fourth-order valence-electron chi connectivity index (χ4n) is 1.70. The molecule has 0 saturated heterocycles. The predicted molar refractivity (Wildman–Crippen MR) is 79.5 cm³/mol. The first-order valence-corrected chi connectivity index (χ1v) is 7.28. The molecule has 0 radical (unpaired) electrons. The summed E-state index contributed by atoms with van der Waals surface area (Å²) in [5.41, 5.74) is 1.09. The zero-order chi connectivity index (χ0) is 14.5. The molecule has 0 aliphatic heterocycles. The van der Waals surface area contributed by atoms with E-state index < -0.39 is 0 Å². The lowest BCUT2D eigenvalue weighted by molar-refractivity contribution is 0.239. The van der Waals surface area contributed by atoms with Gasteiger partial charge in [-0.2, -0.15) is 4.98 Å². The minimum atomic E-state index is 0.262. The Morgan fingerprint density at radius 3 is 2.85 bits per heavy atom. The summed E-state index contributed by atoms with van der Waals surface area (Å²) < 4.78 is 11.8. The van der Waals surface area contributed by atoms with Gasteiger partial charge >= 0.3 is 0 Å². The van der Waals surface area contributed by atoms with Gasteiger partial charge in [0, 0.05) is 18.2 Å². The molecular formula is C14H18BrN3O2. The molecule has 108 valence electrons. The molecular weight excluding hydrogens is 322 g/mol. The van der Waals surface area contributed by atoms with E-state index in [1.807, 2.05) is 18.2 Å². The molecule has 0 bridgehead atoms. The van der Waals surface area contributed by atoms with Gasteiger partial charge in [-0.05, 0) is 28.9 Å². The molecule has 0 aliphatic rings. The third kappa shape index (κ3) is 4.05. The normalized spacial score (nSPS) is 11.1. The van der Waals surface area contributed by atoms with E-state index in [-0.39, 0.29) is 6.61 Å². The van der Waals surface area contributed by atoms with Gasteiger partial charge in [0.05, 0.1) is 4.47 Å². The Balaban J connectivity index is 2.08. The van der Waals surface area contributed by atoms with Crippen LogP contribution >= 0.6 is 15.9 Å². The van der Waals surface area contributed by atoms with E-state index in [2.05, 4.69) is 45.2 Å². The van der Waals surface area contributed by atoms with Crippen LogP contribution in [-0.2, 0) is 13.2 Å². The summed E-state index contributed by atoms with van der Waals surface area (Å²) in [6, 6.07) is 6.40. The van der Waals surface area contributed by atoms with Crippen LogP contribution in [-0.4, -0.2) is 16.2 Å². The quantitative estimate of drug-likeness (QED) is 0.875. The maximum absolute atomic E-state index is 5.82. The highest BCUT2D eigenvalue weighted by molar-refractivity contribution is 9.10. The van der Waals surface area contributed by atoms with Crippen molar-refractivity contribution in [1.29, 1.82) is 0 Å². The van der Waals surface area contributed by atoms with Crippen LogP contribution in [0.3, 0.4) is 0 Å². The Morgan fingerprint density at radius 2 is 2.20 bits per heavy atom. The predicted octanol–water partition coefficient (Wildman–Crippen LogP) is 3.22. The lowest BCUT2D eigenvalue weighted by Gasteiger charge is -2.14. The van der Waals surface area contributed by atoms with Crippen molar-refractivity contribution in [1.82, 2.24) is 15.5 Å². The Kier molecular flexibility index (Phi) is 5.14. The number of rotatable bonds is 6. The number of hydrogen-bond donors (Lipinski definition) is 1. The zero-order valence-corrected chi connectivity index (χ0v) is 13.4. The average Bonchev–Trinajstić information content (AvgIpc) is 2.81. The third-order valence-electron chi connectivity index (χ3n) is 2.66. The van der Waals surface area contributed by atoms with Crippen molar-refractivity contribution in [3.8, 4) is 5.75 Å². The van der Waals surface area contributed by atoms with Gasteiger partial charge in [-0.15, -0.1) is 0 Å². The van der Waals surface area contributed by atoms with E-state index in [0.717, 1.165) is 22.3 Å². The SMILES string of the molecule is Cc1noc(COc2c(Br)cccc2CNC(C)C)n1. The molecule has 20 heavy (non-hydrogen) atoms. The molecule has 5 nitrogen and oxygen atoms in total. The molecule has 0 unspecified atom stereocenters. The van der Waals surface area contributed by atoms with Crippen molar-refractivity contribution in [2.45, 2.75) is 40.0 Å². The molecule has 1 N–H and O–H groups in total. The summed E-state index contributed by atoms with van der Waals surface area (Å²) in [4.78, 5) is 4.13.